The maximum atomic E-state index is 11.6. The van der Waals surface area contributed by atoms with E-state index in [1.807, 2.05) is 42.5 Å². The average Bonchev–Trinajstić information content (AvgIpc) is 2.84. The summed E-state index contributed by atoms with van der Waals surface area (Å²) in [5.41, 5.74) is 6.18. The molecule has 2 unspecified atom stereocenters. The fraction of sp³-hybridized carbons (Fsp3) is 0.321. The number of hydrogen-bond donors (Lipinski definition) is 1. The van der Waals surface area contributed by atoms with Crippen LogP contribution in [-0.4, -0.2) is 6.29 Å². The van der Waals surface area contributed by atoms with Crippen LogP contribution in [0.25, 0.3) is 0 Å². The van der Waals surface area contributed by atoms with Crippen molar-refractivity contribution in [3.05, 3.63) is 87.4 Å². The maximum Gasteiger partial charge on any atom is 0.152 e. The summed E-state index contributed by atoms with van der Waals surface area (Å²) in [7, 11) is 0. The van der Waals surface area contributed by atoms with Gasteiger partial charge < -0.3 is 10.1 Å². The van der Waals surface area contributed by atoms with Crippen molar-refractivity contribution >= 4 is 33.6 Å². The molecule has 0 amide bonds. The smallest absolute Gasteiger partial charge is 0.152 e. The summed E-state index contributed by atoms with van der Waals surface area (Å²) in [4.78, 5) is 11.6. The minimum atomic E-state index is 0.490. The number of para-hydroxylation sites is 1. The molecule has 166 valence electrons. The Bertz CT molecular complexity index is 1080. The monoisotopic (exact) mass is 491 g/mol. The number of aldehydes is 1. The van der Waals surface area contributed by atoms with E-state index in [-0.39, 0.29) is 0 Å². The van der Waals surface area contributed by atoms with Crippen LogP contribution < -0.4 is 10.1 Å². The Hall–Kier alpha value is -2.59. The van der Waals surface area contributed by atoms with Gasteiger partial charge in [-0.25, -0.2) is 0 Å². The van der Waals surface area contributed by atoms with E-state index in [9.17, 15) is 4.79 Å². The molecule has 0 heterocycles. The third kappa shape index (κ3) is 4.61. The van der Waals surface area contributed by atoms with Gasteiger partial charge in [-0.15, -0.1) is 0 Å². The first-order valence-corrected chi connectivity index (χ1v) is 12.3. The zero-order chi connectivity index (χ0) is 22.5. The van der Waals surface area contributed by atoms with Crippen LogP contribution in [-0.2, 0) is 13.0 Å². The van der Waals surface area contributed by atoms with E-state index >= 15 is 0 Å². The van der Waals surface area contributed by atoms with Gasteiger partial charge in [0.05, 0.1) is 5.69 Å². The minimum Gasteiger partial charge on any atom is -0.487 e. The first-order valence-electron chi connectivity index (χ1n) is 11.5. The average molecular weight is 492 g/mol. The zero-order valence-corrected chi connectivity index (χ0v) is 20.3. The van der Waals surface area contributed by atoms with Gasteiger partial charge in [0.1, 0.15) is 12.4 Å². The van der Waals surface area contributed by atoms with E-state index in [4.69, 9.17) is 4.74 Å². The fourth-order valence-electron chi connectivity index (χ4n) is 4.91. The van der Waals surface area contributed by atoms with Crippen molar-refractivity contribution in [2.45, 2.75) is 52.1 Å². The molecule has 32 heavy (non-hydrogen) atoms. The van der Waals surface area contributed by atoms with Crippen molar-refractivity contribution in [3.8, 4) is 5.75 Å². The molecule has 0 aromatic heterocycles. The van der Waals surface area contributed by atoms with Crippen LogP contribution in [0.5, 0.6) is 5.75 Å². The number of halogens is 1. The Morgan fingerprint density at radius 3 is 2.53 bits per heavy atom. The quantitative estimate of drug-likeness (QED) is 0.323. The molecule has 0 fully saturated rings. The lowest BCUT2D eigenvalue weighted by Crippen LogP contribution is -2.21. The highest BCUT2D eigenvalue weighted by Gasteiger charge is 2.31. The topological polar surface area (TPSA) is 38.3 Å². The number of benzene rings is 3. The number of carbonyl (C=O) groups is 1. The largest absolute Gasteiger partial charge is 0.487 e. The molecule has 1 N–H and O–H groups in total. The van der Waals surface area contributed by atoms with E-state index in [1.165, 1.54) is 24.0 Å². The van der Waals surface area contributed by atoms with Gasteiger partial charge in [-0.05, 0) is 81.9 Å². The Labute approximate surface area is 199 Å². The molecule has 0 saturated carbocycles. The van der Waals surface area contributed by atoms with E-state index in [1.54, 1.807) is 0 Å². The summed E-state index contributed by atoms with van der Waals surface area (Å²) in [6, 6.07) is 20.0. The third-order valence-corrected chi connectivity index (χ3v) is 7.52. The number of anilines is 2. The predicted molar refractivity (Wildman–Crippen MR) is 135 cm³/mol. The summed E-state index contributed by atoms with van der Waals surface area (Å²) in [6.07, 6.45) is 5.46. The van der Waals surface area contributed by atoms with Gasteiger partial charge in [-0.3, -0.25) is 4.79 Å². The second kappa shape index (κ2) is 10.4. The Morgan fingerprint density at radius 2 is 1.81 bits per heavy atom. The third-order valence-electron chi connectivity index (χ3n) is 6.65. The van der Waals surface area contributed by atoms with Crippen LogP contribution in [0.3, 0.4) is 0 Å². The second-order valence-corrected chi connectivity index (χ2v) is 9.25. The molecule has 0 spiro atoms. The normalized spacial score (nSPS) is 17.5. The van der Waals surface area contributed by atoms with Crippen LogP contribution in [0.4, 0.5) is 11.4 Å². The van der Waals surface area contributed by atoms with Gasteiger partial charge in [-0.1, -0.05) is 62.7 Å². The van der Waals surface area contributed by atoms with Crippen molar-refractivity contribution in [1.82, 2.24) is 0 Å². The first-order chi connectivity index (χ1) is 15.7. The minimum absolute atomic E-state index is 0.490. The standard InChI is InChI=1S/C28H30BrNO2/c1-3-20-14-15-23-24(22(20)4-2)16-26(32-18-19-10-6-5-7-11-19)28(27(23)29)30-25-13-9-8-12-21(25)17-31/h5-13,16-17,20,22,30H,3-4,14-15,18H2,1-2H3. The Kier molecular flexibility index (Phi) is 7.31. The Morgan fingerprint density at radius 1 is 1.06 bits per heavy atom. The lowest BCUT2D eigenvalue weighted by molar-refractivity contribution is 0.112. The number of hydrogen-bond acceptors (Lipinski definition) is 3. The SMILES string of the molecule is CCC1CCc2c(cc(OCc3ccccc3)c(Nc3ccccc3C=O)c2Br)C1CC. The molecule has 4 heteroatoms. The van der Waals surface area contributed by atoms with Gasteiger partial charge >= 0.3 is 0 Å². The molecule has 1 aliphatic rings. The zero-order valence-electron chi connectivity index (χ0n) is 18.7. The second-order valence-electron chi connectivity index (χ2n) is 8.46. The van der Waals surface area contributed by atoms with Gasteiger partial charge in [0.2, 0.25) is 0 Å². The van der Waals surface area contributed by atoms with Crippen molar-refractivity contribution in [3.63, 3.8) is 0 Å². The molecule has 2 atom stereocenters. The number of carbonyl (C=O) groups excluding carboxylic acids is 1. The maximum absolute atomic E-state index is 11.6. The van der Waals surface area contributed by atoms with Gasteiger partial charge in [-0.2, -0.15) is 0 Å². The summed E-state index contributed by atoms with van der Waals surface area (Å²) in [6.45, 7) is 5.07. The number of ether oxygens (including phenoxy) is 1. The molecule has 4 rings (SSSR count). The lowest BCUT2D eigenvalue weighted by Gasteiger charge is -2.34. The van der Waals surface area contributed by atoms with Crippen LogP contribution in [0.15, 0.2) is 65.1 Å². The molecule has 3 nitrogen and oxygen atoms in total. The van der Waals surface area contributed by atoms with Gasteiger partial charge in [0.25, 0.3) is 0 Å². The number of fused-ring (bicyclic) bond motifs is 1. The van der Waals surface area contributed by atoms with Crippen LogP contribution in [0, 0.1) is 5.92 Å². The summed E-state index contributed by atoms with van der Waals surface area (Å²) < 4.78 is 7.44. The molecule has 3 aromatic carbocycles. The highest BCUT2D eigenvalue weighted by molar-refractivity contribution is 9.10. The molecule has 0 aliphatic heterocycles. The van der Waals surface area contributed by atoms with E-state index in [0.29, 0.717) is 24.0 Å². The van der Waals surface area contributed by atoms with Gasteiger partial charge in [0.15, 0.2) is 6.29 Å². The number of nitrogens with one attached hydrogen (secondary N) is 1. The van der Waals surface area contributed by atoms with E-state index in [0.717, 1.165) is 46.3 Å². The molecular weight excluding hydrogens is 462 g/mol. The van der Waals surface area contributed by atoms with Gasteiger partial charge in [0, 0.05) is 15.7 Å². The molecule has 3 aromatic rings. The lowest BCUT2D eigenvalue weighted by atomic mass is 9.72. The summed E-state index contributed by atoms with van der Waals surface area (Å²) >= 11 is 3.92. The molecule has 0 bridgehead atoms. The van der Waals surface area contributed by atoms with Crippen LogP contribution in [0.1, 0.15) is 66.1 Å². The van der Waals surface area contributed by atoms with Crippen molar-refractivity contribution < 1.29 is 9.53 Å². The van der Waals surface area contributed by atoms with Crippen LogP contribution in [0.2, 0.25) is 0 Å². The highest BCUT2D eigenvalue weighted by Crippen LogP contribution is 2.48. The summed E-state index contributed by atoms with van der Waals surface area (Å²) in [5.74, 6) is 2.06. The molecule has 1 aliphatic carbocycles. The Balaban J connectivity index is 1.78. The van der Waals surface area contributed by atoms with Crippen molar-refractivity contribution in [2.75, 3.05) is 5.32 Å². The molecule has 0 radical (unpaired) electrons. The first kappa shape index (κ1) is 22.6. The number of rotatable bonds is 8. The van der Waals surface area contributed by atoms with Crippen molar-refractivity contribution in [1.29, 1.82) is 0 Å². The molecule has 0 saturated heterocycles. The summed E-state index contributed by atoms with van der Waals surface area (Å²) in [5, 5.41) is 3.50. The van der Waals surface area contributed by atoms with E-state index < -0.39 is 0 Å². The fourth-order valence-corrected chi connectivity index (χ4v) is 5.63. The van der Waals surface area contributed by atoms with Crippen LogP contribution >= 0.6 is 15.9 Å². The predicted octanol–water partition coefficient (Wildman–Crippen LogP) is 8.05. The molecular formula is C28H30BrNO2. The highest BCUT2D eigenvalue weighted by atomic mass is 79.9. The van der Waals surface area contributed by atoms with E-state index in [2.05, 4.69) is 53.3 Å². The van der Waals surface area contributed by atoms with Crippen molar-refractivity contribution in [2.24, 2.45) is 5.92 Å².